The van der Waals surface area contributed by atoms with Crippen LogP contribution in [-0.4, -0.2) is 37.7 Å². The number of hydrogen-bond donors (Lipinski definition) is 1. The van der Waals surface area contributed by atoms with Gasteiger partial charge in [0.15, 0.2) is 0 Å². The molecule has 104 valence electrons. The molecule has 1 aromatic carbocycles. The Morgan fingerprint density at radius 1 is 1.37 bits per heavy atom. The van der Waals surface area contributed by atoms with Crippen molar-refractivity contribution in [1.29, 1.82) is 0 Å². The quantitative estimate of drug-likeness (QED) is 0.901. The Balaban J connectivity index is 1.64. The second kappa shape index (κ2) is 5.04. The smallest absolute Gasteiger partial charge is 0.142 e. The SMILES string of the molecule is CCN1CC(C)(COc2cccc3c2NCCC3)C1. The fourth-order valence-corrected chi connectivity index (χ4v) is 3.20. The number of hydrogen-bond acceptors (Lipinski definition) is 3. The third-order valence-corrected chi connectivity index (χ3v) is 4.27. The fourth-order valence-electron chi connectivity index (χ4n) is 3.20. The lowest BCUT2D eigenvalue weighted by molar-refractivity contribution is -0.0154. The van der Waals surface area contributed by atoms with Crippen LogP contribution in [-0.2, 0) is 6.42 Å². The number of para-hydroxylation sites is 1. The van der Waals surface area contributed by atoms with Gasteiger partial charge in [-0.05, 0) is 31.0 Å². The van der Waals surface area contributed by atoms with Crippen molar-refractivity contribution in [3.05, 3.63) is 23.8 Å². The molecule has 0 saturated carbocycles. The lowest BCUT2D eigenvalue weighted by Crippen LogP contribution is -2.57. The van der Waals surface area contributed by atoms with Crippen LogP contribution in [0.4, 0.5) is 5.69 Å². The van der Waals surface area contributed by atoms with Crippen molar-refractivity contribution >= 4 is 5.69 Å². The summed E-state index contributed by atoms with van der Waals surface area (Å²) in [6.07, 6.45) is 2.39. The average Bonchev–Trinajstić information content (AvgIpc) is 2.42. The zero-order valence-corrected chi connectivity index (χ0v) is 12.0. The van der Waals surface area contributed by atoms with E-state index in [1.807, 2.05) is 0 Å². The number of nitrogens with one attached hydrogen (secondary N) is 1. The first-order valence-corrected chi connectivity index (χ1v) is 7.41. The highest BCUT2D eigenvalue weighted by atomic mass is 16.5. The summed E-state index contributed by atoms with van der Waals surface area (Å²) in [5.41, 5.74) is 2.95. The number of ether oxygens (including phenoxy) is 1. The van der Waals surface area contributed by atoms with E-state index in [4.69, 9.17) is 4.74 Å². The Morgan fingerprint density at radius 3 is 3.00 bits per heavy atom. The number of likely N-dealkylation sites (tertiary alicyclic amines) is 1. The van der Waals surface area contributed by atoms with Crippen LogP contribution in [0.25, 0.3) is 0 Å². The number of anilines is 1. The summed E-state index contributed by atoms with van der Waals surface area (Å²) in [4.78, 5) is 2.46. The van der Waals surface area contributed by atoms with Crippen molar-refractivity contribution < 1.29 is 4.74 Å². The molecule has 0 aliphatic carbocycles. The molecule has 0 amide bonds. The molecular weight excluding hydrogens is 236 g/mol. The van der Waals surface area contributed by atoms with Gasteiger partial charge >= 0.3 is 0 Å². The average molecular weight is 260 g/mol. The molecule has 0 unspecified atom stereocenters. The normalized spacial score (nSPS) is 21.2. The van der Waals surface area contributed by atoms with Gasteiger partial charge in [-0.3, -0.25) is 0 Å². The standard InChI is InChI=1S/C16H24N2O/c1-3-18-10-16(2,11-18)12-19-14-8-4-6-13-7-5-9-17-15(13)14/h4,6,8,17H,3,5,7,9-12H2,1-2H3. The minimum Gasteiger partial charge on any atom is -0.491 e. The molecule has 0 spiro atoms. The van der Waals surface area contributed by atoms with Crippen LogP contribution >= 0.6 is 0 Å². The lowest BCUT2D eigenvalue weighted by atomic mass is 9.83. The van der Waals surface area contributed by atoms with E-state index >= 15 is 0 Å². The minimum atomic E-state index is 0.327. The van der Waals surface area contributed by atoms with Gasteiger partial charge in [0.25, 0.3) is 0 Å². The van der Waals surface area contributed by atoms with Crippen LogP contribution in [0.2, 0.25) is 0 Å². The van der Waals surface area contributed by atoms with Crippen molar-refractivity contribution in [2.24, 2.45) is 5.41 Å². The second-order valence-electron chi connectivity index (χ2n) is 6.22. The number of aryl methyl sites for hydroxylation is 1. The van der Waals surface area contributed by atoms with Gasteiger partial charge in [-0.25, -0.2) is 0 Å². The van der Waals surface area contributed by atoms with Crippen molar-refractivity contribution in [3.8, 4) is 5.75 Å². The van der Waals surface area contributed by atoms with Crippen molar-refractivity contribution in [1.82, 2.24) is 4.90 Å². The number of nitrogens with zero attached hydrogens (tertiary/aromatic N) is 1. The molecule has 1 N–H and O–H groups in total. The number of rotatable bonds is 4. The Morgan fingerprint density at radius 2 is 2.21 bits per heavy atom. The van der Waals surface area contributed by atoms with E-state index in [2.05, 4.69) is 42.3 Å². The molecule has 3 nitrogen and oxygen atoms in total. The summed E-state index contributed by atoms with van der Waals surface area (Å²) < 4.78 is 6.12. The van der Waals surface area contributed by atoms with Gasteiger partial charge in [0, 0.05) is 25.0 Å². The molecule has 0 atom stereocenters. The second-order valence-corrected chi connectivity index (χ2v) is 6.22. The first-order valence-electron chi connectivity index (χ1n) is 7.41. The van der Waals surface area contributed by atoms with Crippen molar-refractivity contribution in [3.63, 3.8) is 0 Å². The number of fused-ring (bicyclic) bond motifs is 1. The minimum absolute atomic E-state index is 0.327. The molecule has 2 aliphatic heterocycles. The van der Waals surface area contributed by atoms with E-state index in [0.717, 1.165) is 38.5 Å². The lowest BCUT2D eigenvalue weighted by Gasteiger charge is -2.47. The predicted molar refractivity (Wildman–Crippen MR) is 79.0 cm³/mol. The highest BCUT2D eigenvalue weighted by Crippen LogP contribution is 2.35. The van der Waals surface area contributed by atoms with Crippen molar-refractivity contribution in [2.75, 3.05) is 38.1 Å². The molecule has 2 aliphatic rings. The molecule has 1 fully saturated rings. The monoisotopic (exact) mass is 260 g/mol. The van der Waals surface area contributed by atoms with Gasteiger partial charge in [-0.2, -0.15) is 0 Å². The summed E-state index contributed by atoms with van der Waals surface area (Å²) in [7, 11) is 0. The summed E-state index contributed by atoms with van der Waals surface area (Å²) in [5.74, 6) is 1.04. The third-order valence-electron chi connectivity index (χ3n) is 4.27. The van der Waals surface area contributed by atoms with Gasteiger partial charge in [0.1, 0.15) is 5.75 Å². The van der Waals surface area contributed by atoms with Crippen molar-refractivity contribution in [2.45, 2.75) is 26.7 Å². The Kier molecular flexibility index (Phi) is 3.40. The predicted octanol–water partition coefficient (Wildman–Crippen LogP) is 2.77. The maximum atomic E-state index is 6.12. The van der Waals surface area contributed by atoms with Crippen LogP contribution in [0.1, 0.15) is 25.8 Å². The Hall–Kier alpha value is -1.22. The molecule has 0 aromatic heterocycles. The van der Waals surface area contributed by atoms with Crippen LogP contribution in [0, 0.1) is 5.41 Å². The molecule has 3 heteroatoms. The van der Waals surface area contributed by atoms with E-state index < -0.39 is 0 Å². The third kappa shape index (κ3) is 2.57. The van der Waals surface area contributed by atoms with Gasteiger partial charge in [0.05, 0.1) is 12.3 Å². The van der Waals surface area contributed by atoms with Crippen LogP contribution in [0.3, 0.4) is 0 Å². The van der Waals surface area contributed by atoms with Gasteiger partial charge < -0.3 is 15.0 Å². The van der Waals surface area contributed by atoms with Crippen LogP contribution in [0.5, 0.6) is 5.75 Å². The molecular formula is C16H24N2O. The molecule has 1 saturated heterocycles. The highest BCUT2D eigenvalue weighted by Gasteiger charge is 2.38. The zero-order valence-electron chi connectivity index (χ0n) is 12.0. The van der Waals surface area contributed by atoms with E-state index in [-0.39, 0.29) is 0 Å². The molecule has 0 radical (unpaired) electrons. The topological polar surface area (TPSA) is 24.5 Å². The Labute approximate surface area is 115 Å². The fraction of sp³-hybridized carbons (Fsp3) is 0.625. The van der Waals surface area contributed by atoms with Gasteiger partial charge in [0.2, 0.25) is 0 Å². The van der Waals surface area contributed by atoms with Gasteiger partial charge in [-0.15, -0.1) is 0 Å². The van der Waals surface area contributed by atoms with E-state index in [9.17, 15) is 0 Å². The van der Waals surface area contributed by atoms with Gasteiger partial charge in [-0.1, -0.05) is 26.0 Å². The van der Waals surface area contributed by atoms with Crippen LogP contribution in [0.15, 0.2) is 18.2 Å². The molecule has 0 bridgehead atoms. The maximum Gasteiger partial charge on any atom is 0.142 e. The summed E-state index contributed by atoms with van der Waals surface area (Å²) in [6.45, 7) is 9.89. The highest BCUT2D eigenvalue weighted by molar-refractivity contribution is 5.63. The largest absolute Gasteiger partial charge is 0.491 e. The summed E-state index contributed by atoms with van der Waals surface area (Å²) in [6, 6.07) is 6.41. The summed E-state index contributed by atoms with van der Waals surface area (Å²) >= 11 is 0. The summed E-state index contributed by atoms with van der Waals surface area (Å²) in [5, 5.41) is 3.49. The molecule has 1 aromatic rings. The maximum absolute atomic E-state index is 6.12. The molecule has 3 rings (SSSR count). The van der Waals surface area contributed by atoms with E-state index in [1.165, 1.54) is 24.1 Å². The van der Waals surface area contributed by atoms with E-state index in [0.29, 0.717) is 5.41 Å². The van der Waals surface area contributed by atoms with E-state index in [1.54, 1.807) is 0 Å². The Bertz CT molecular complexity index is 452. The first kappa shape index (κ1) is 12.8. The zero-order chi connectivity index (χ0) is 13.3. The molecule has 19 heavy (non-hydrogen) atoms. The van der Waals surface area contributed by atoms with Crippen LogP contribution < -0.4 is 10.1 Å². The molecule has 2 heterocycles. The number of benzene rings is 1. The first-order chi connectivity index (χ1) is 9.20.